The van der Waals surface area contributed by atoms with Gasteiger partial charge in [-0.15, -0.1) is 24.0 Å². The van der Waals surface area contributed by atoms with E-state index in [9.17, 15) is 0 Å². The largest absolute Gasteiger partial charge is 0.381 e. The molecule has 0 atom stereocenters. The van der Waals surface area contributed by atoms with Gasteiger partial charge in [-0.05, 0) is 49.3 Å². The maximum absolute atomic E-state index is 6.08. The van der Waals surface area contributed by atoms with Crippen molar-refractivity contribution >= 4 is 29.9 Å². The predicted molar refractivity (Wildman–Crippen MR) is 145 cm³/mol. The topological polar surface area (TPSA) is 54.9 Å². The number of ether oxygens (including phenoxy) is 2. The van der Waals surface area contributed by atoms with Crippen LogP contribution in [0.3, 0.4) is 0 Å². The van der Waals surface area contributed by atoms with Gasteiger partial charge in [0.1, 0.15) is 0 Å². The summed E-state index contributed by atoms with van der Waals surface area (Å²) in [6.45, 7) is 6.81. The first kappa shape index (κ1) is 26.0. The summed E-state index contributed by atoms with van der Waals surface area (Å²) in [7, 11) is 0. The Labute approximate surface area is 215 Å². The first-order chi connectivity index (χ1) is 15.8. The molecule has 0 aromatic heterocycles. The van der Waals surface area contributed by atoms with Crippen molar-refractivity contribution in [2.45, 2.75) is 63.7 Å². The molecule has 33 heavy (non-hydrogen) atoms. The summed E-state index contributed by atoms with van der Waals surface area (Å²) in [6, 6.07) is 19.5. The number of guanidine groups is 1. The molecule has 1 saturated heterocycles. The lowest BCUT2D eigenvalue weighted by Gasteiger charge is -2.43. The van der Waals surface area contributed by atoms with E-state index in [4.69, 9.17) is 14.5 Å². The summed E-state index contributed by atoms with van der Waals surface area (Å²) < 4.78 is 11.5. The summed E-state index contributed by atoms with van der Waals surface area (Å²) in [6.07, 6.45) is 6.07. The van der Waals surface area contributed by atoms with E-state index < -0.39 is 0 Å². The van der Waals surface area contributed by atoms with Gasteiger partial charge < -0.3 is 20.1 Å². The zero-order chi connectivity index (χ0) is 22.1. The zero-order valence-electron chi connectivity index (χ0n) is 19.7. The van der Waals surface area contributed by atoms with Crippen LogP contribution in [0.5, 0.6) is 0 Å². The minimum Gasteiger partial charge on any atom is -0.381 e. The summed E-state index contributed by atoms with van der Waals surface area (Å²) in [5, 5.41) is 7.03. The van der Waals surface area contributed by atoms with Crippen molar-refractivity contribution in [3.8, 4) is 0 Å². The van der Waals surface area contributed by atoms with Gasteiger partial charge in [0, 0.05) is 31.7 Å². The normalized spacial score (nSPS) is 18.2. The van der Waals surface area contributed by atoms with E-state index in [1.807, 2.05) is 0 Å². The van der Waals surface area contributed by atoms with Crippen molar-refractivity contribution in [2.24, 2.45) is 4.99 Å². The molecule has 6 heteroatoms. The third kappa shape index (κ3) is 7.42. The van der Waals surface area contributed by atoms with Crippen LogP contribution in [0.1, 0.15) is 55.7 Å². The van der Waals surface area contributed by atoms with Crippen molar-refractivity contribution in [1.29, 1.82) is 0 Å². The summed E-state index contributed by atoms with van der Waals surface area (Å²) >= 11 is 0. The van der Waals surface area contributed by atoms with Crippen molar-refractivity contribution in [3.05, 3.63) is 71.3 Å². The van der Waals surface area contributed by atoms with E-state index in [-0.39, 0.29) is 29.4 Å². The van der Waals surface area contributed by atoms with Crippen LogP contribution in [0.2, 0.25) is 0 Å². The van der Waals surface area contributed by atoms with Crippen LogP contribution in [0.25, 0.3) is 0 Å². The lowest BCUT2D eigenvalue weighted by molar-refractivity contribution is -0.0390. The van der Waals surface area contributed by atoms with E-state index >= 15 is 0 Å². The molecule has 0 bridgehead atoms. The highest BCUT2D eigenvalue weighted by atomic mass is 127. The number of aliphatic imine (C=N–C) groups is 1. The van der Waals surface area contributed by atoms with Crippen LogP contribution in [0.15, 0.2) is 59.6 Å². The minimum absolute atomic E-state index is 0. The minimum atomic E-state index is 0. The SMILES string of the molecule is CCNC(=NCc1cccc(COC2CCOCC2)c1)NCC1(c2ccccc2)CCC1.I. The number of benzene rings is 2. The molecule has 2 aliphatic rings. The maximum Gasteiger partial charge on any atom is 0.191 e. The van der Waals surface area contributed by atoms with E-state index in [0.29, 0.717) is 19.3 Å². The molecule has 2 N–H and O–H groups in total. The van der Waals surface area contributed by atoms with Crippen LogP contribution in [0, 0.1) is 0 Å². The lowest BCUT2D eigenvalue weighted by Crippen LogP contribution is -2.48. The van der Waals surface area contributed by atoms with Crippen molar-refractivity contribution in [1.82, 2.24) is 10.6 Å². The molecule has 1 heterocycles. The van der Waals surface area contributed by atoms with E-state index in [1.54, 1.807) is 0 Å². The second kappa shape index (κ2) is 13.3. The number of hydrogen-bond acceptors (Lipinski definition) is 3. The fourth-order valence-corrected chi connectivity index (χ4v) is 4.60. The van der Waals surface area contributed by atoms with Crippen molar-refractivity contribution in [3.63, 3.8) is 0 Å². The molecule has 1 aliphatic heterocycles. The Morgan fingerprint density at radius 1 is 1.03 bits per heavy atom. The van der Waals surface area contributed by atoms with Gasteiger partial charge in [-0.25, -0.2) is 4.99 Å². The standard InChI is InChI=1S/C27H37N3O2.HI/c1-2-28-26(30-21-27(14-7-15-27)24-10-4-3-5-11-24)29-19-22-8-6-9-23(18-22)20-32-25-12-16-31-17-13-25;/h3-6,8-11,18,25H,2,7,12-17,19-21H2,1H3,(H2,28,29,30);1H. The average Bonchev–Trinajstić information content (AvgIpc) is 2.82. The highest BCUT2D eigenvalue weighted by Crippen LogP contribution is 2.43. The molecule has 2 aromatic carbocycles. The zero-order valence-corrected chi connectivity index (χ0v) is 22.1. The number of rotatable bonds is 9. The number of nitrogens with one attached hydrogen (secondary N) is 2. The molecule has 0 amide bonds. The summed E-state index contributed by atoms with van der Waals surface area (Å²) in [5.74, 6) is 0.888. The summed E-state index contributed by atoms with van der Waals surface area (Å²) in [5.41, 5.74) is 4.09. The van der Waals surface area contributed by atoms with Crippen LogP contribution < -0.4 is 10.6 Å². The number of hydrogen-bond donors (Lipinski definition) is 2. The van der Waals surface area contributed by atoms with E-state index in [1.165, 1.54) is 36.0 Å². The molecule has 0 unspecified atom stereocenters. The molecule has 2 fully saturated rings. The molecular weight excluding hydrogens is 525 g/mol. The molecule has 2 aromatic rings. The maximum atomic E-state index is 6.08. The molecule has 5 nitrogen and oxygen atoms in total. The molecular formula is C27H38IN3O2. The Morgan fingerprint density at radius 2 is 1.79 bits per heavy atom. The van der Waals surface area contributed by atoms with Gasteiger partial charge in [0.05, 0.1) is 19.3 Å². The van der Waals surface area contributed by atoms with Crippen LogP contribution in [0.4, 0.5) is 0 Å². The Hall–Kier alpha value is -1.64. The van der Waals surface area contributed by atoms with Crippen LogP contribution in [-0.2, 0) is 28.0 Å². The molecule has 0 radical (unpaired) electrons. The van der Waals surface area contributed by atoms with E-state index in [2.05, 4.69) is 72.2 Å². The van der Waals surface area contributed by atoms with Gasteiger partial charge in [-0.3, -0.25) is 0 Å². The molecule has 0 spiro atoms. The Kier molecular flexibility index (Phi) is 10.5. The Balaban J connectivity index is 0.00000306. The highest BCUT2D eigenvalue weighted by Gasteiger charge is 2.38. The Bertz CT molecular complexity index is 865. The van der Waals surface area contributed by atoms with Gasteiger partial charge in [0.2, 0.25) is 0 Å². The van der Waals surface area contributed by atoms with Crippen molar-refractivity contribution < 1.29 is 9.47 Å². The van der Waals surface area contributed by atoms with Gasteiger partial charge in [0.15, 0.2) is 5.96 Å². The van der Waals surface area contributed by atoms with Gasteiger partial charge >= 0.3 is 0 Å². The molecule has 180 valence electrons. The van der Waals surface area contributed by atoms with Crippen LogP contribution in [-0.4, -0.2) is 38.4 Å². The third-order valence-electron chi connectivity index (χ3n) is 6.70. The molecule has 1 saturated carbocycles. The second-order valence-electron chi connectivity index (χ2n) is 8.99. The lowest BCUT2D eigenvalue weighted by atomic mass is 9.64. The van der Waals surface area contributed by atoms with Gasteiger partial charge in [0.25, 0.3) is 0 Å². The Morgan fingerprint density at radius 3 is 2.48 bits per heavy atom. The molecule has 4 rings (SSSR count). The summed E-state index contributed by atoms with van der Waals surface area (Å²) in [4.78, 5) is 4.87. The van der Waals surface area contributed by atoms with Crippen LogP contribution >= 0.6 is 24.0 Å². The second-order valence-corrected chi connectivity index (χ2v) is 8.99. The first-order valence-corrected chi connectivity index (χ1v) is 12.1. The third-order valence-corrected chi connectivity index (χ3v) is 6.70. The van der Waals surface area contributed by atoms with E-state index in [0.717, 1.165) is 45.1 Å². The predicted octanol–water partition coefficient (Wildman–Crippen LogP) is 5.18. The van der Waals surface area contributed by atoms with Gasteiger partial charge in [-0.1, -0.05) is 61.0 Å². The number of halogens is 1. The fourth-order valence-electron chi connectivity index (χ4n) is 4.60. The fraction of sp³-hybridized carbons (Fsp3) is 0.519. The molecule has 1 aliphatic carbocycles. The average molecular weight is 564 g/mol. The highest BCUT2D eigenvalue weighted by molar-refractivity contribution is 14.0. The monoisotopic (exact) mass is 563 g/mol. The smallest absolute Gasteiger partial charge is 0.191 e. The number of nitrogens with zero attached hydrogens (tertiary/aromatic N) is 1. The quantitative estimate of drug-likeness (QED) is 0.251. The van der Waals surface area contributed by atoms with Gasteiger partial charge in [-0.2, -0.15) is 0 Å². The first-order valence-electron chi connectivity index (χ1n) is 12.1. The van der Waals surface area contributed by atoms with Crippen molar-refractivity contribution in [2.75, 3.05) is 26.3 Å².